The zero-order valence-electron chi connectivity index (χ0n) is 10.6. The summed E-state index contributed by atoms with van der Waals surface area (Å²) in [7, 11) is 4.11. The summed E-state index contributed by atoms with van der Waals surface area (Å²) in [5.41, 5.74) is 2.32. The Morgan fingerprint density at radius 3 is 2.82 bits per heavy atom. The zero-order valence-corrected chi connectivity index (χ0v) is 11.4. The van der Waals surface area contributed by atoms with E-state index >= 15 is 0 Å². The molecule has 0 aromatic heterocycles. The molecule has 1 unspecified atom stereocenters. The topological polar surface area (TPSA) is 27.6 Å². The van der Waals surface area contributed by atoms with Gasteiger partial charge in [-0.2, -0.15) is 0 Å². The number of rotatable bonds is 3. The molecule has 0 spiro atoms. The molecule has 1 heterocycles. The molecule has 1 aliphatic heterocycles. The van der Waals surface area contributed by atoms with Crippen molar-refractivity contribution in [1.29, 1.82) is 0 Å². The fourth-order valence-corrected chi connectivity index (χ4v) is 2.84. The molecule has 2 rings (SSSR count). The lowest BCUT2D eigenvalue weighted by Crippen LogP contribution is -2.13. The van der Waals surface area contributed by atoms with E-state index in [2.05, 4.69) is 54.4 Å². The Morgan fingerprint density at radius 2 is 2.18 bits per heavy atom. The lowest BCUT2D eigenvalue weighted by molar-refractivity contribution is 0.738. The van der Waals surface area contributed by atoms with Crippen molar-refractivity contribution in [1.82, 2.24) is 0 Å². The third-order valence-electron chi connectivity index (χ3n) is 2.81. The summed E-state index contributed by atoms with van der Waals surface area (Å²) in [6, 6.07) is 8.79. The number of thioether (sulfide) groups is 1. The molecule has 0 bridgehead atoms. The molecule has 1 N–H and O–H groups in total. The third-order valence-corrected chi connectivity index (χ3v) is 3.84. The normalized spacial score (nSPS) is 19.0. The molecular formula is C13H19N3S. The van der Waals surface area contributed by atoms with E-state index in [1.165, 1.54) is 5.69 Å². The van der Waals surface area contributed by atoms with Gasteiger partial charge in [-0.05, 0) is 18.6 Å². The number of nitrogens with one attached hydrogen (secondary N) is 1. The Hall–Kier alpha value is -1.16. The first-order valence-corrected chi connectivity index (χ1v) is 6.93. The Kier molecular flexibility index (Phi) is 3.94. The van der Waals surface area contributed by atoms with Crippen molar-refractivity contribution in [2.75, 3.05) is 30.1 Å². The van der Waals surface area contributed by atoms with Crippen LogP contribution in [0.2, 0.25) is 0 Å². The van der Waals surface area contributed by atoms with E-state index in [-0.39, 0.29) is 0 Å². The monoisotopic (exact) mass is 249 g/mol. The van der Waals surface area contributed by atoms with E-state index < -0.39 is 0 Å². The molecule has 3 nitrogen and oxygen atoms in total. The van der Waals surface area contributed by atoms with Crippen molar-refractivity contribution in [3.8, 4) is 0 Å². The summed E-state index contributed by atoms with van der Waals surface area (Å²) >= 11 is 1.81. The first-order chi connectivity index (χ1) is 8.20. The Balaban J connectivity index is 2.14. The molecule has 17 heavy (non-hydrogen) atoms. The van der Waals surface area contributed by atoms with Crippen molar-refractivity contribution in [3.63, 3.8) is 0 Å². The van der Waals surface area contributed by atoms with E-state index in [4.69, 9.17) is 0 Å². The lowest BCUT2D eigenvalue weighted by atomic mass is 10.2. The number of benzene rings is 1. The average molecular weight is 249 g/mol. The quantitative estimate of drug-likeness (QED) is 0.892. The number of hydrogen-bond acceptors (Lipinski definition) is 4. The van der Waals surface area contributed by atoms with Crippen LogP contribution in [0.4, 0.5) is 11.4 Å². The summed E-state index contributed by atoms with van der Waals surface area (Å²) < 4.78 is 0. The van der Waals surface area contributed by atoms with Gasteiger partial charge in [-0.3, -0.25) is 4.99 Å². The van der Waals surface area contributed by atoms with Gasteiger partial charge in [-0.25, -0.2) is 0 Å². The molecule has 1 atom stereocenters. The second-order valence-corrected chi connectivity index (χ2v) is 5.35. The summed E-state index contributed by atoms with van der Waals surface area (Å²) in [4.78, 5) is 6.76. The number of para-hydroxylation sites is 2. The van der Waals surface area contributed by atoms with E-state index in [1.54, 1.807) is 0 Å². The van der Waals surface area contributed by atoms with Gasteiger partial charge in [0.2, 0.25) is 0 Å². The molecule has 1 aromatic rings. The summed E-state index contributed by atoms with van der Waals surface area (Å²) in [6.45, 7) is 2.19. The number of anilines is 2. The molecule has 0 aliphatic carbocycles. The molecule has 4 heteroatoms. The molecule has 0 radical (unpaired) electrons. The maximum atomic E-state index is 4.65. The number of nitrogens with zero attached hydrogens (tertiary/aromatic N) is 2. The molecule has 0 amide bonds. The lowest BCUT2D eigenvalue weighted by Gasteiger charge is -2.17. The molecule has 1 aliphatic rings. The van der Waals surface area contributed by atoms with Crippen LogP contribution in [0, 0.1) is 0 Å². The summed E-state index contributed by atoms with van der Waals surface area (Å²) in [6.07, 6.45) is 1.12. The Labute approximate surface area is 107 Å². The van der Waals surface area contributed by atoms with Crippen molar-refractivity contribution in [2.45, 2.75) is 19.4 Å². The van der Waals surface area contributed by atoms with Crippen LogP contribution < -0.4 is 10.2 Å². The maximum absolute atomic E-state index is 4.65. The van der Waals surface area contributed by atoms with Gasteiger partial charge in [-0.15, -0.1) is 0 Å². The van der Waals surface area contributed by atoms with Crippen LogP contribution in [0.1, 0.15) is 13.3 Å². The van der Waals surface area contributed by atoms with Crippen LogP contribution in [-0.4, -0.2) is 31.1 Å². The highest BCUT2D eigenvalue weighted by molar-refractivity contribution is 8.14. The highest BCUT2D eigenvalue weighted by Gasteiger charge is 2.17. The molecule has 0 fully saturated rings. The fraction of sp³-hybridized carbons (Fsp3) is 0.462. The van der Waals surface area contributed by atoms with Gasteiger partial charge in [0.15, 0.2) is 5.17 Å². The Morgan fingerprint density at radius 1 is 1.41 bits per heavy atom. The average Bonchev–Trinajstić information content (AvgIpc) is 2.77. The van der Waals surface area contributed by atoms with Gasteiger partial charge in [0.1, 0.15) is 0 Å². The first kappa shape index (κ1) is 12.3. The van der Waals surface area contributed by atoms with Crippen molar-refractivity contribution in [3.05, 3.63) is 24.3 Å². The number of amidine groups is 1. The summed E-state index contributed by atoms with van der Waals surface area (Å²) in [5, 5.41) is 4.47. The Bertz CT molecular complexity index is 415. The predicted octanol–water partition coefficient (Wildman–Crippen LogP) is 3.05. The van der Waals surface area contributed by atoms with Crippen LogP contribution in [-0.2, 0) is 0 Å². The number of aliphatic imine (C=N–C) groups is 1. The van der Waals surface area contributed by atoms with E-state index in [0.717, 1.165) is 23.0 Å². The maximum Gasteiger partial charge on any atom is 0.161 e. The zero-order chi connectivity index (χ0) is 12.3. The van der Waals surface area contributed by atoms with Crippen LogP contribution in [0.5, 0.6) is 0 Å². The fourth-order valence-electron chi connectivity index (χ4n) is 1.78. The first-order valence-electron chi connectivity index (χ1n) is 5.94. The minimum Gasteiger partial charge on any atom is -0.376 e. The van der Waals surface area contributed by atoms with Crippen LogP contribution >= 0.6 is 11.8 Å². The second-order valence-electron chi connectivity index (χ2n) is 4.34. The molecule has 92 valence electrons. The van der Waals surface area contributed by atoms with Crippen molar-refractivity contribution >= 4 is 28.3 Å². The SMILES string of the molecule is CCC1CSC(Nc2ccccc2N(C)C)=N1. The van der Waals surface area contributed by atoms with Gasteiger partial charge in [0.25, 0.3) is 0 Å². The van der Waals surface area contributed by atoms with Gasteiger partial charge in [0.05, 0.1) is 17.4 Å². The second kappa shape index (κ2) is 5.45. The van der Waals surface area contributed by atoms with Gasteiger partial charge in [-0.1, -0.05) is 30.8 Å². The molecular weight excluding hydrogens is 230 g/mol. The smallest absolute Gasteiger partial charge is 0.161 e. The van der Waals surface area contributed by atoms with E-state index in [9.17, 15) is 0 Å². The molecule has 1 aromatic carbocycles. The highest BCUT2D eigenvalue weighted by atomic mass is 32.2. The highest BCUT2D eigenvalue weighted by Crippen LogP contribution is 2.27. The van der Waals surface area contributed by atoms with Crippen LogP contribution in [0.3, 0.4) is 0 Å². The molecule has 0 saturated carbocycles. The number of hydrogen-bond donors (Lipinski definition) is 1. The largest absolute Gasteiger partial charge is 0.376 e. The standard InChI is InChI=1S/C13H19N3S/c1-4-10-9-17-13(14-10)15-11-7-5-6-8-12(11)16(2)3/h5-8,10H,4,9H2,1-3H3,(H,14,15). The van der Waals surface area contributed by atoms with Crippen molar-refractivity contribution < 1.29 is 0 Å². The van der Waals surface area contributed by atoms with Gasteiger partial charge in [0, 0.05) is 19.8 Å². The van der Waals surface area contributed by atoms with E-state index in [1.807, 2.05) is 17.8 Å². The summed E-state index contributed by atoms with van der Waals surface area (Å²) in [5.74, 6) is 1.10. The van der Waals surface area contributed by atoms with Crippen LogP contribution in [0.15, 0.2) is 29.3 Å². The van der Waals surface area contributed by atoms with E-state index in [0.29, 0.717) is 6.04 Å². The predicted molar refractivity (Wildman–Crippen MR) is 78.4 cm³/mol. The van der Waals surface area contributed by atoms with Gasteiger partial charge < -0.3 is 10.2 Å². The third kappa shape index (κ3) is 2.94. The van der Waals surface area contributed by atoms with Crippen molar-refractivity contribution in [2.24, 2.45) is 4.99 Å². The van der Waals surface area contributed by atoms with Gasteiger partial charge >= 0.3 is 0 Å². The minimum atomic E-state index is 0.481. The molecule has 0 saturated heterocycles. The minimum absolute atomic E-state index is 0.481. The van der Waals surface area contributed by atoms with Crippen LogP contribution in [0.25, 0.3) is 0 Å².